The van der Waals surface area contributed by atoms with Crippen molar-refractivity contribution >= 4 is 0 Å². The molecule has 2 rings (SSSR count). The van der Waals surface area contributed by atoms with E-state index in [2.05, 4.69) is 12.2 Å². The highest BCUT2D eigenvalue weighted by atomic mass is 16.5. The van der Waals surface area contributed by atoms with Crippen molar-refractivity contribution in [3.05, 3.63) is 24.2 Å². The van der Waals surface area contributed by atoms with Gasteiger partial charge in [-0.25, -0.2) is 0 Å². The molecular formula is C14H23NO3. The zero-order valence-electron chi connectivity index (χ0n) is 11.3. The predicted molar refractivity (Wildman–Crippen MR) is 69.5 cm³/mol. The van der Waals surface area contributed by atoms with Crippen LogP contribution in [0.5, 0.6) is 0 Å². The second-order valence-corrected chi connectivity index (χ2v) is 4.62. The normalized spacial score (nSPS) is 20.8. The second-order valence-electron chi connectivity index (χ2n) is 4.62. The van der Waals surface area contributed by atoms with E-state index in [0.29, 0.717) is 6.61 Å². The molecule has 1 fully saturated rings. The Labute approximate surface area is 109 Å². The topological polar surface area (TPSA) is 43.6 Å². The molecule has 4 heteroatoms. The molecule has 102 valence electrons. The minimum atomic E-state index is -0.207. The predicted octanol–water partition coefficient (Wildman–Crippen LogP) is 2.52. The first-order valence-electron chi connectivity index (χ1n) is 6.81. The van der Waals surface area contributed by atoms with Crippen LogP contribution in [0.15, 0.2) is 22.8 Å². The highest BCUT2D eigenvalue weighted by Crippen LogP contribution is 2.38. The molecular weight excluding hydrogens is 230 g/mol. The van der Waals surface area contributed by atoms with Gasteiger partial charge in [0.05, 0.1) is 17.9 Å². The van der Waals surface area contributed by atoms with Gasteiger partial charge in [-0.1, -0.05) is 6.92 Å². The Hall–Kier alpha value is -0.840. The van der Waals surface area contributed by atoms with Crippen LogP contribution >= 0.6 is 0 Å². The van der Waals surface area contributed by atoms with Gasteiger partial charge in [0.25, 0.3) is 0 Å². The monoisotopic (exact) mass is 253 g/mol. The fourth-order valence-electron chi connectivity index (χ4n) is 2.73. The number of ether oxygens (including phenoxy) is 2. The van der Waals surface area contributed by atoms with Crippen LogP contribution in [0.4, 0.5) is 0 Å². The van der Waals surface area contributed by atoms with Crippen molar-refractivity contribution in [1.82, 2.24) is 5.32 Å². The van der Waals surface area contributed by atoms with Gasteiger partial charge in [0.1, 0.15) is 5.76 Å². The molecule has 1 aliphatic heterocycles. The van der Waals surface area contributed by atoms with E-state index in [0.717, 1.165) is 38.4 Å². The molecule has 1 saturated heterocycles. The number of hydrogen-bond donors (Lipinski definition) is 1. The summed E-state index contributed by atoms with van der Waals surface area (Å²) in [5, 5.41) is 3.51. The van der Waals surface area contributed by atoms with Crippen molar-refractivity contribution in [2.24, 2.45) is 0 Å². The third kappa shape index (κ3) is 2.76. The SMILES string of the molecule is CCNC(c1ccco1)C1(OCC)CCOCC1. The minimum absolute atomic E-state index is 0.0985. The highest BCUT2D eigenvalue weighted by molar-refractivity contribution is 5.12. The molecule has 0 amide bonds. The van der Waals surface area contributed by atoms with E-state index in [1.807, 2.05) is 19.1 Å². The quantitative estimate of drug-likeness (QED) is 0.846. The number of furan rings is 1. The van der Waals surface area contributed by atoms with Crippen molar-refractivity contribution in [2.45, 2.75) is 38.3 Å². The zero-order chi connectivity index (χ0) is 12.8. The van der Waals surface area contributed by atoms with Crippen molar-refractivity contribution in [2.75, 3.05) is 26.4 Å². The van der Waals surface area contributed by atoms with Crippen molar-refractivity contribution < 1.29 is 13.9 Å². The van der Waals surface area contributed by atoms with Crippen LogP contribution in [-0.2, 0) is 9.47 Å². The summed E-state index contributed by atoms with van der Waals surface area (Å²) in [5.41, 5.74) is -0.207. The molecule has 0 aromatic carbocycles. The highest BCUT2D eigenvalue weighted by Gasteiger charge is 2.43. The van der Waals surface area contributed by atoms with E-state index in [1.165, 1.54) is 0 Å². The minimum Gasteiger partial charge on any atom is -0.468 e. The molecule has 1 aromatic rings. The summed E-state index contributed by atoms with van der Waals surface area (Å²) in [6.45, 7) is 7.26. The molecule has 1 aromatic heterocycles. The lowest BCUT2D eigenvalue weighted by Gasteiger charge is -2.42. The first-order valence-corrected chi connectivity index (χ1v) is 6.81. The van der Waals surface area contributed by atoms with Gasteiger partial charge in [0, 0.05) is 32.7 Å². The lowest BCUT2D eigenvalue weighted by molar-refractivity contribution is -0.130. The maximum absolute atomic E-state index is 6.11. The zero-order valence-corrected chi connectivity index (χ0v) is 11.3. The van der Waals surface area contributed by atoms with Gasteiger partial charge < -0.3 is 19.2 Å². The number of nitrogens with one attached hydrogen (secondary N) is 1. The summed E-state index contributed by atoms with van der Waals surface area (Å²) in [7, 11) is 0. The van der Waals surface area contributed by atoms with Crippen LogP contribution in [0.1, 0.15) is 38.5 Å². The Kier molecular flexibility index (Phi) is 4.80. The van der Waals surface area contributed by atoms with Gasteiger partial charge in [-0.15, -0.1) is 0 Å². The largest absolute Gasteiger partial charge is 0.468 e. The van der Waals surface area contributed by atoms with E-state index in [4.69, 9.17) is 13.9 Å². The third-order valence-electron chi connectivity index (χ3n) is 3.53. The maximum atomic E-state index is 6.11. The molecule has 0 spiro atoms. The Morgan fingerprint density at radius 1 is 1.39 bits per heavy atom. The molecule has 1 N–H and O–H groups in total. The van der Waals surface area contributed by atoms with Crippen LogP contribution in [0.2, 0.25) is 0 Å². The van der Waals surface area contributed by atoms with E-state index in [1.54, 1.807) is 6.26 Å². The third-order valence-corrected chi connectivity index (χ3v) is 3.53. The van der Waals surface area contributed by atoms with E-state index in [9.17, 15) is 0 Å². The van der Waals surface area contributed by atoms with Crippen LogP contribution in [0, 0.1) is 0 Å². The Balaban J connectivity index is 2.24. The Morgan fingerprint density at radius 2 is 2.17 bits per heavy atom. The fourth-order valence-corrected chi connectivity index (χ4v) is 2.73. The lowest BCUT2D eigenvalue weighted by Crippen LogP contribution is -2.49. The second kappa shape index (κ2) is 6.36. The maximum Gasteiger partial charge on any atom is 0.123 e. The Bertz CT molecular complexity index is 325. The fraction of sp³-hybridized carbons (Fsp3) is 0.714. The smallest absolute Gasteiger partial charge is 0.123 e. The molecule has 0 bridgehead atoms. The van der Waals surface area contributed by atoms with Crippen LogP contribution in [0.25, 0.3) is 0 Å². The molecule has 1 aliphatic rings. The molecule has 0 saturated carbocycles. The van der Waals surface area contributed by atoms with E-state index >= 15 is 0 Å². The summed E-state index contributed by atoms with van der Waals surface area (Å²) in [6.07, 6.45) is 3.52. The number of rotatable bonds is 6. The van der Waals surface area contributed by atoms with Gasteiger partial charge in [0.15, 0.2) is 0 Å². The van der Waals surface area contributed by atoms with Crippen molar-refractivity contribution in [3.63, 3.8) is 0 Å². The van der Waals surface area contributed by atoms with Crippen molar-refractivity contribution in [1.29, 1.82) is 0 Å². The molecule has 0 radical (unpaired) electrons. The van der Waals surface area contributed by atoms with Gasteiger partial charge in [-0.2, -0.15) is 0 Å². The molecule has 2 heterocycles. The number of hydrogen-bond acceptors (Lipinski definition) is 4. The molecule has 18 heavy (non-hydrogen) atoms. The summed E-state index contributed by atoms with van der Waals surface area (Å²) in [5.74, 6) is 0.951. The first kappa shape index (κ1) is 13.6. The molecule has 1 unspecified atom stereocenters. The van der Waals surface area contributed by atoms with E-state index in [-0.39, 0.29) is 11.6 Å². The van der Waals surface area contributed by atoms with Crippen LogP contribution in [-0.4, -0.2) is 32.0 Å². The average molecular weight is 253 g/mol. The van der Waals surface area contributed by atoms with Gasteiger partial charge in [0.2, 0.25) is 0 Å². The standard InChI is InChI=1S/C14H23NO3/c1-3-15-13(12-6-5-9-17-12)14(18-4-2)7-10-16-11-8-14/h5-6,9,13,15H,3-4,7-8,10-11H2,1-2H3. The lowest BCUT2D eigenvalue weighted by atomic mass is 9.84. The van der Waals surface area contributed by atoms with Gasteiger partial charge in [-0.3, -0.25) is 0 Å². The summed E-state index contributed by atoms with van der Waals surface area (Å²) < 4.78 is 17.2. The summed E-state index contributed by atoms with van der Waals surface area (Å²) in [4.78, 5) is 0. The van der Waals surface area contributed by atoms with Crippen molar-refractivity contribution in [3.8, 4) is 0 Å². The van der Waals surface area contributed by atoms with Gasteiger partial charge >= 0.3 is 0 Å². The molecule has 1 atom stereocenters. The average Bonchev–Trinajstić information content (AvgIpc) is 2.91. The van der Waals surface area contributed by atoms with Crippen LogP contribution in [0.3, 0.4) is 0 Å². The molecule has 4 nitrogen and oxygen atoms in total. The van der Waals surface area contributed by atoms with Gasteiger partial charge in [-0.05, 0) is 25.6 Å². The molecule has 0 aliphatic carbocycles. The Morgan fingerprint density at radius 3 is 2.72 bits per heavy atom. The van der Waals surface area contributed by atoms with E-state index < -0.39 is 0 Å². The number of likely N-dealkylation sites (N-methyl/N-ethyl adjacent to an activating group) is 1. The summed E-state index contributed by atoms with van der Waals surface area (Å²) >= 11 is 0. The summed E-state index contributed by atoms with van der Waals surface area (Å²) in [6, 6.07) is 4.05. The first-order chi connectivity index (χ1) is 8.82. The van der Waals surface area contributed by atoms with Crippen LogP contribution < -0.4 is 5.32 Å².